The molecule has 0 aromatic carbocycles. The molecule has 1 amide bonds. The lowest BCUT2D eigenvalue weighted by molar-refractivity contribution is -0.221. The lowest BCUT2D eigenvalue weighted by atomic mass is 9.87. The molecule has 0 aromatic rings. The molecular weight excluding hydrogens is 366 g/mol. The predicted octanol–water partition coefficient (Wildman–Crippen LogP) is -1.25. The molecule has 11 heteroatoms. The molecule has 0 bridgehead atoms. The van der Waals surface area contributed by atoms with E-state index in [0.29, 0.717) is 13.1 Å². The number of amides is 1. The maximum atomic E-state index is 12.0. The van der Waals surface area contributed by atoms with Crippen molar-refractivity contribution < 1.29 is 19.7 Å². The van der Waals surface area contributed by atoms with Crippen LogP contribution in [-0.2, 0) is 4.74 Å². The second-order valence-electron chi connectivity index (χ2n) is 7.56. The van der Waals surface area contributed by atoms with Crippen molar-refractivity contribution in [1.29, 1.82) is 0 Å². The maximum absolute atomic E-state index is 12.0. The van der Waals surface area contributed by atoms with Crippen molar-refractivity contribution in [3.05, 3.63) is 0 Å². The number of nitrogens with zero attached hydrogens (tertiary/aromatic N) is 3. The first-order chi connectivity index (χ1) is 13.3. The van der Waals surface area contributed by atoms with Crippen molar-refractivity contribution in [1.82, 2.24) is 15.5 Å². The van der Waals surface area contributed by atoms with Crippen LogP contribution in [0.1, 0.15) is 45.4 Å². The van der Waals surface area contributed by atoms with Crippen molar-refractivity contribution in [3.63, 3.8) is 0 Å². The Bertz CT molecular complexity index is 653. The van der Waals surface area contributed by atoms with Gasteiger partial charge in [-0.3, -0.25) is 0 Å². The van der Waals surface area contributed by atoms with E-state index in [9.17, 15) is 15.0 Å². The Morgan fingerprint density at radius 1 is 1.32 bits per heavy atom. The van der Waals surface area contributed by atoms with Gasteiger partial charge in [-0.25, -0.2) is 14.8 Å². The fourth-order valence-corrected chi connectivity index (χ4v) is 4.19. The lowest BCUT2D eigenvalue weighted by Crippen LogP contribution is -2.76. The third-order valence-electron chi connectivity index (χ3n) is 5.62. The molecule has 3 heterocycles. The number of carbonyl (C=O) groups excluding carboxylic acids is 1. The van der Waals surface area contributed by atoms with Gasteiger partial charge in [0.05, 0.1) is 0 Å². The number of alkyl carbamates (subject to hydrolysis) is 1. The summed E-state index contributed by atoms with van der Waals surface area (Å²) in [4.78, 5) is 22.2. The number of guanidine groups is 2. The van der Waals surface area contributed by atoms with Gasteiger partial charge < -0.3 is 42.0 Å². The fraction of sp³-hybridized carbons (Fsp3) is 0.824. The molecule has 1 spiro atoms. The number of hydrogen-bond donors (Lipinski definition) is 6. The first-order valence-corrected chi connectivity index (χ1v) is 9.89. The standard InChI is InChI=1S/C17H31N7O4/c1-2-3-4-5-6-8-20-15(25)28-10-11-12-17(23-13(18)22-12)16(26,27)7-9-24(17)14(19)21-11/h11-12,26-27H,2-10H2,1H3,(H2,19,21)(H,20,25)(H3,18,22,23)/t11?,12-,17?/m0/s1. The Kier molecular flexibility index (Phi) is 5.84. The topological polar surface area (TPSA) is 171 Å². The fourth-order valence-electron chi connectivity index (χ4n) is 4.19. The first-order valence-electron chi connectivity index (χ1n) is 9.89. The molecule has 1 saturated heterocycles. The molecule has 3 aliphatic rings. The summed E-state index contributed by atoms with van der Waals surface area (Å²) in [7, 11) is 0. The van der Waals surface area contributed by atoms with Crippen LogP contribution in [0.2, 0.25) is 0 Å². The van der Waals surface area contributed by atoms with Gasteiger partial charge in [0.2, 0.25) is 5.79 Å². The second-order valence-corrected chi connectivity index (χ2v) is 7.56. The van der Waals surface area contributed by atoms with Crippen LogP contribution in [-0.4, -0.2) is 76.4 Å². The summed E-state index contributed by atoms with van der Waals surface area (Å²) < 4.78 is 5.28. The Balaban J connectivity index is 1.58. The molecule has 0 aromatic heterocycles. The number of hydrogen-bond acceptors (Lipinski definition) is 10. The van der Waals surface area contributed by atoms with Crippen molar-refractivity contribution in [3.8, 4) is 0 Å². The molecule has 3 aliphatic heterocycles. The minimum absolute atomic E-state index is 0.0572. The van der Waals surface area contributed by atoms with Gasteiger partial charge in [-0.15, -0.1) is 0 Å². The third-order valence-corrected chi connectivity index (χ3v) is 5.62. The Morgan fingerprint density at radius 3 is 2.82 bits per heavy atom. The molecule has 8 N–H and O–H groups in total. The normalized spacial score (nSPS) is 30.0. The number of nitrogens with two attached hydrogens (primary N) is 2. The first kappa shape index (κ1) is 20.5. The van der Waals surface area contributed by atoms with Gasteiger partial charge in [0, 0.05) is 19.5 Å². The van der Waals surface area contributed by atoms with Crippen LogP contribution in [0.3, 0.4) is 0 Å². The minimum Gasteiger partial charge on any atom is -0.447 e. The highest BCUT2D eigenvalue weighted by atomic mass is 16.5. The Labute approximate surface area is 164 Å². The summed E-state index contributed by atoms with van der Waals surface area (Å²) in [5.41, 5.74) is 10.5. The largest absolute Gasteiger partial charge is 0.447 e. The molecule has 0 radical (unpaired) electrons. The molecule has 11 nitrogen and oxygen atoms in total. The van der Waals surface area contributed by atoms with E-state index in [1.807, 2.05) is 0 Å². The van der Waals surface area contributed by atoms with Gasteiger partial charge in [-0.2, -0.15) is 0 Å². The van der Waals surface area contributed by atoms with E-state index in [-0.39, 0.29) is 24.9 Å². The SMILES string of the molecule is CCCCCCCNC(=O)OCC1N=C(N)N2CCC(O)(O)C23NC(N)=N[C@@H]13. The molecular formula is C17H31N7O4. The number of unbranched alkanes of at least 4 members (excludes halogenated alkanes) is 4. The monoisotopic (exact) mass is 397 g/mol. The molecule has 3 rings (SSSR count). The van der Waals surface area contributed by atoms with E-state index in [0.717, 1.165) is 19.3 Å². The zero-order valence-electron chi connectivity index (χ0n) is 16.2. The second kappa shape index (κ2) is 8.00. The summed E-state index contributed by atoms with van der Waals surface area (Å²) in [6, 6.07) is -1.43. The molecule has 0 aliphatic carbocycles. The van der Waals surface area contributed by atoms with Gasteiger partial charge in [-0.05, 0) is 6.42 Å². The number of aliphatic imine (C=N–C) groups is 2. The number of nitrogens with one attached hydrogen (secondary N) is 2. The van der Waals surface area contributed by atoms with Gasteiger partial charge in [-0.1, -0.05) is 32.6 Å². The smallest absolute Gasteiger partial charge is 0.407 e. The molecule has 2 unspecified atom stereocenters. The number of ether oxygens (including phenoxy) is 1. The summed E-state index contributed by atoms with van der Waals surface area (Å²) in [5, 5.41) is 26.7. The highest BCUT2D eigenvalue weighted by molar-refractivity contribution is 5.87. The van der Waals surface area contributed by atoms with E-state index in [2.05, 4.69) is 27.5 Å². The molecule has 28 heavy (non-hydrogen) atoms. The highest BCUT2D eigenvalue weighted by Crippen LogP contribution is 2.44. The molecule has 3 atom stereocenters. The van der Waals surface area contributed by atoms with Crippen LogP contribution in [0.15, 0.2) is 9.98 Å². The van der Waals surface area contributed by atoms with Crippen molar-refractivity contribution in [2.75, 3.05) is 19.7 Å². The van der Waals surface area contributed by atoms with Crippen molar-refractivity contribution in [2.45, 2.75) is 69.0 Å². The van der Waals surface area contributed by atoms with Gasteiger partial charge in [0.1, 0.15) is 18.7 Å². The molecule has 158 valence electrons. The van der Waals surface area contributed by atoms with E-state index in [4.69, 9.17) is 16.2 Å². The number of aliphatic hydroxyl groups is 2. The summed E-state index contributed by atoms with van der Waals surface area (Å²) in [6.07, 6.45) is 4.99. The minimum atomic E-state index is -2.11. The third kappa shape index (κ3) is 3.55. The van der Waals surface area contributed by atoms with Gasteiger partial charge in [0.25, 0.3) is 0 Å². The number of rotatable bonds is 8. The quantitative estimate of drug-likeness (QED) is 0.218. The van der Waals surface area contributed by atoms with Crippen LogP contribution < -0.4 is 22.1 Å². The lowest BCUT2D eigenvalue weighted by Gasteiger charge is -2.48. The number of carbonyl (C=O) groups is 1. The van der Waals surface area contributed by atoms with Crippen molar-refractivity contribution in [2.24, 2.45) is 21.5 Å². The van der Waals surface area contributed by atoms with Crippen LogP contribution in [0.4, 0.5) is 4.79 Å². The molecule has 0 saturated carbocycles. The van der Waals surface area contributed by atoms with Gasteiger partial charge in [0.15, 0.2) is 17.6 Å². The van der Waals surface area contributed by atoms with Crippen molar-refractivity contribution >= 4 is 18.0 Å². The van der Waals surface area contributed by atoms with Crippen LogP contribution in [0.5, 0.6) is 0 Å². The van der Waals surface area contributed by atoms with E-state index >= 15 is 0 Å². The van der Waals surface area contributed by atoms with Gasteiger partial charge >= 0.3 is 6.09 Å². The van der Waals surface area contributed by atoms with E-state index < -0.39 is 29.6 Å². The predicted molar refractivity (Wildman–Crippen MR) is 103 cm³/mol. The Morgan fingerprint density at radius 2 is 2.07 bits per heavy atom. The average molecular weight is 397 g/mol. The summed E-state index contributed by atoms with van der Waals surface area (Å²) in [5.74, 6) is -1.92. The zero-order valence-corrected chi connectivity index (χ0v) is 16.2. The zero-order chi connectivity index (χ0) is 20.4. The summed E-state index contributed by atoms with van der Waals surface area (Å²) >= 11 is 0. The van der Waals surface area contributed by atoms with Crippen LogP contribution in [0, 0.1) is 0 Å². The summed E-state index contributed by atoms with van der Waals surface area (Å²) in [6.45, 7) is 2.89. The van der Waals surface area contributed by atoms with E-state index in [1.165, 1.54) is 12.8 Å². The average Bonchev–Trinajstić information content (AvgIpc) is 3.13. The van der Waals surface area contributed by atoms with Crippen LogP contribution in [0.25, 0.3) is 0 Å². The maximum Gasteiger partial charge on any atom is 0.407 e. The van der Waals surface area contributed by atoms with E-state index in [1.54, 1.807) is 4.90 Å². The molecule has 1 fully saturated rings. The highest BCUT2D eigenvalue weighted by Gasteiger charge is 2.69. The Hall–Kier alpha value is -2.27. The van der Waals surface area contributed by atoms with Crippen LogP contribution >= 0.6 is 0 Å².